The van der Waals surface area contributed by atoms with Crippen molar-refractivity contribution < 1.29 is 9.90 Å². The first-order valence-electron chi connectivity index (χ1n) is 9.19. The molecule has 3 aliphatic carbocycles. The minimum atomic E-state index is -0.151. The second-order valence-corrected chi connectivity index (χ2v) is 8.13. The maximum Gasteiger partial charge on any atom is 0.225 e. The average molecular weight is 291 g/mol. The van der Waals surface area contributed by atoms with Crippen LogP contribution in [-0.2, 0) is 4.79 Å². The first-order valence-corrected chi connectivity index (χ1v) is 9.19. The van der Waals surface area contributed by atoms with Gasteiger partial charge in [-0.15, -0.1) is 0 Å². The highest BCUT2D eigenvalue weighted by Crippen LogP contribution is 2.44. The molecule has 1 saturated heterocycles. The molecule has 1 aliphatic heterocycles. The highest BCUT2D eigenvalue weighted by atomic mass is 16.3. The Bertz CT molecular complexity index is 410. The van der Waals surface area contributed by atoms with Crippen molar-refractivity contribution in [2.75, 3.05) is 13.1 Å². The van der Waals surface area contributed by atoms with E-state index in [1.54, 1.807) is 0 Å². The van der Waals surface area contributed by atoms with Crippen LogP contribution in [0.15, 0.2) is 0 Å². The van der Waals surface area contributed by atoms with Crippen LogP contribution in [-0.4, -0.2) is 35.1 Å². The van der Waals surface area contributed by atoms with Crippen LogP contribution in [0.25, 0.3) is 0 Å². The molecule has 0 aromatic carbocycles. The number of hydrogen-bond acceptors (Lipinski definition) is 2. The minimum Gasteiger partial charge on any atom is -0.393 e. The van der Waals surface area contributed by atoms with Crippen LogP contribution in [0.3, 0.4) is 0 Å². The molecular formula is C18H29NO2. The number of aliphatic hydroxyl groups is 1. The zero-order chi connectivity index (χ0) is 14.4. The van der Waals surface area contributed by atoms with Gasteiger partial charge in [-0.3, -0.25) is 4.79 Å². The van der Waals surface area contributed by atoms with Crippen LogP contribution >= 0.6 is 0 Å². The highest BCUT2D eigenvalue weighted by Gasteiger charge is 2.45. The number of nitrogens with zero attached hydrogens (tertiary/aromatic N) is 1. The van der Waals surface area contributed by atoms with Gasteiger partial charge in [-0.1, -0.05) is 25.7 Å². The lowest BCUT2D eigenvalue weighted by atomic mass is 9.67. The van der Waals surface area contributed by atoms with Crippen LogP contribution in [0.4, 0.5) is 0 Å². The molecule has 6 atom stereocenters. The van der Waals surface area contributed by atoms with E-state index in [2.05, 4.69) is 4.90 Å². The van der Waals surface area contributed by atoms with Crippen LogP contribution in [0.1, 0.15) is 57.8 Å². The first-order chi connectivity index (χ1) is 10.2. The summed E-state index contributed by atoms with van der Waals surface area (Å²) in [5.41, 5.74) is 0. The van der Waals surface area contributed by atoms with Crippen molar-refractivity contribution in [2.45, 2.75) is 63.9 Å². The Morgan fingerprint density at radius 1 is 0.857 bits per heavy atom. The number of carbonyl (C=O) groups excluding carboxylic acids is 1. The van der Waals surface area contributed by atoms with Crippen LogP contribution in [0.5, 0.6) is 0 Å². The van der Waals surface area contributed by atoms with Crippen molar-refractivity contribution in [3.8, 4) is 0 Å². The molecule has 0 radical (unpaired) electrons. The predicted octanol–water partition coefficient (Wildman–Crippen LogP) is 2.82. The van der Waals surface area contributed by atoms with E-state index >= 15 is 0 Å². The molecule has 1 amide bonds. The Labute approximate surface area is 128 Å². The highest BCUT2D eigenvalue weighted by molar-refractivity contribution is 5.79. The van der Waals surface area contributed by atoms with Crippen molar-refractivity contribution in [2.24, 2.45) is 29.6 Å². The van der Waals surface area contributed by atoms with Crippen LogP contribution < -0.4 is 0 Å². The summed E-state index contributed by atoms with van der Waals surface area (Å²) in [5, 5.41) is 10.0. The van der Waals surface area contributed by atoms with Gasteiger partial charge in [0.25, 0.3) is 0 Å². The fourth-order valence-electron chi connectivity index (χ4n) is 5.77. The molecule has 1 N–H and O–H groups in total. The summed E-state index contributed by atoms with van der Waals surface area (Å²) in [6.07, 6.45) is 11.0. The zero-order valence-corrected chi connectivity index (χ0v) is 13.0. The van der Waals surface area contributed by atoms with Crippen molar-refractivity contribution >= 4 is 5.91 Å². The SMILES string of the molecule is O=C(C1CCC2CCCCC2C1)N1CC2CCC(O)C2C1. The Morgan fingerprint density at radius 3 is 2.43 bits per heavy atom. The molecule has 1 heterocycles. The Kier molecular flexibility index (Phi) is 3.72. The lowest BCUT2D eigenvalue weighted by molar-refractivity contribution is -0.137. The minimum absolute atomic E-state index is 0.151. The predicted molar refractivity (Wildman–Crippen MR) is 81.6 cm³/mol. The van der Waals surface area contributed by atoms with Gasteiger partial charge in [0.05, 0.1) is 6.10 Å². The second-order valence-electron chi connectivity index (χ2n) is 8.13. The maximum absolute atomic E-state index is 12.9. The van der Waals surface area contributed by atoms with E-state index in [1.165, 1.54) is 32.1 Å². The summed E-state index contributed by atoms with van der Waals surface area (Å²) in [7, 11) is 0. The van der Waals surface area contributed by atoms with E-state index < -0.39 is 0 Å². The summed E-state index contributed by atoms with van der Waals surface area (Å²) in [4.78, 5) is 15.0. The lowest BCUT2D eigenvalue weighted by Gasteiger charge is -2.39. The molecule has 3 saturated carbocycles. The standard InChI is InChI=1S/C18H29NO2/c20-17-8-7-15-10-19(11-16(15)17)18(21)14-6-5-12-3-1-2-4-13(12)9-14/h12-17,20H,1-11H2. The van der Waals surface area contributed by atoms with Gasteiger partial charge in [0, 0.05) is 24.9 Å². The van der Waals surface area contributed by atoms with E-state index in [9.17, 15) is 9.90 Å². The van der Waals surface area contributed by atoms with Gasteiger partial charge >= 0.3 is 0 Å². The molecule has 4 fully saturated rings. The molecule has 4 aliphatic rings. The summed E-state index contributed by atoms with van der Waals surface area (Å²) < 4.78 is 0. The number of hydrogen-bond donors (Lipinski definition) is 1. The molecule has 4 rings (SSSR count). The quantitative estimate of drug-likeness (QED) is 0.807. The number of amides is 1. The molecular weight excluding hydrogens is 262 g/mol. The largest absolute Gasteiger partial charge is 0.393 e. The van der Waals surface area contributed by atoms with E-state index in [4.69, 9.17) is 0 Å². The summed E-state index contributed by atoms with van der Waals surface area (Å²) in [5.74, 6) is 3.41. The van der Waals surface area contributed by atoms with Gasteiger partial charge in [-0.2, -0.15) is 0 Å². The van der Waals surface area contributed by atoms with Gasteiger partial charge in [-0.05, 0) is 49.9 Å². The third-order valence-corrected chi connectivity index (χ3v) is 7.02. The molecule has 0 spiro atoms. The number of likely N-dealkylation sites (tertiary alicyclic amines) is 1. The Hall–Kier alpha value is -0.570. The maximum atomic E-state index is 12.9. The summed E-state index contributed by atoms with van der Waals surface area (Å²) in [6.45, 7) is 1.75. The molecule has 0 aromatic heterocycles. The molecule has 3 nitrogen and oxygen atoms in total. The summed E-state index contributed by atoms with van der Waals surface area (Å²) in [6, 6.07) is 0. The fourth-order valence-corrected chi connectivity index (χ4v) is 5.77. The third-order valence-electron chi connectivity index (χ3n) is 7.02. The van der Waals surface area contributed by atoms with E-state index in [1.807, 2.05) is 0 Å². The van der Waals surface area contributed by atoms with Gasteiger partial charge < -0.3 is 10.0 Å². The van der Waals surface area contributed by atoms with Crippen LogP contribution in [0, 0.1) is 29.6 Å². The van der Waals surface area contributed by atoms with Gasteiger partial charge in [0.15, 0.2) is 0 Å². The lowest BCUT2D eigenvalue weighted by Crippen LogP contribution is -2.40. The molecule has 3 heteroatoms. The van der Waals surface area contributed by atoms with Crippen molar-refractivity contribution in [3.63, 3.8) is 0 Å². The molecule has 118 valence electrons. The van der Waals surface area contributed by atoms with E-state index in [0.717, 1.165) is 50.6 Å². The fraction of sp³-hybridized carbons (Fsp3) is 0.944. The summed E-state index contributed by atoms with van der Waals surface area (Å²) >= 11 is 0. The van der Waals surface area contributed by atoms with Gasteiger partial charge in [-0.25, -0.2) is 0 Å². The molecule has 0 aromatic rings. The number of fused-ring (bicyclic) bond motifs is 2. The zero-order valence-electron chi connectivity index (χ0n) is 13.0. The van der Waals surface area contributed by atoms with Gasteiger partial charge in [0.1, 0.15) is 0 Å². The topological polar surface area (TPSA) is 40.5 Å². The van der Waals surface area contributed by atoms with E-state index in [-0.39, 0.29) is 6.10 Å². The third kappa shape index (κ3) is 2.52. The molecule has 0 bridgehead atoms. The Morgan fingerprint density at radius 2 is 1.62 bits per heavy atom. The average Bonchev–Trinajstić information content (AvgIpc) is 3.08. The number of aliphatic hydroxyl groups excluding tert-OH is 1. The monoisotopic (exact) mass is 291 g/mol. The van der Waals surface area contributed by atoms with E-state index in [0.29, 0.717) is 23.7 Å². The van der Waals surface area contributed by atoms with Gasteiger partial charge in [0.2, 0.25) is 5.91 Å². The molecule has 21 heavy (non-hydrogen) atoms. The van der Waals surface area contributed by atoms with Crippen molar-refractivity contribution in [1.82, 2.24) is 4.90 Å². The van der Waals surface area contributed by atoms with Crippen molar-refractivity contribution in [1.29, 1.82) is 0 Å². The number of carbonyl (C=O) groups is 1. The Balaban J connectivity index is 1.37. The van der Waals surface area contributed by atoms with Crippen molar-refractivity contribution in [3.05, 3.63) is 0 Å². The van der Waals surface area contributed by atoms with Crippen LogP contribution in [0.2, 0.25) is 0 Å². The normalized spacial score (nSPS) is 46.2. The first kappa shape index (κ1) is 14.0. The second kappa shape index (κ2) is 5.57. The molecule has 6 unspecified atom stereocenters. The number of rotatable bonds is 1. The smallest absolute Gasteiger partial charge is 0.225 e.